The van der Waals surface area contributed by atoms with Gasteiger partial charge in [0.25, 0.3) is 11.8 Å². The Hall–Kier alpha value is -2.78. The molecule has 2 aliphatic heterocycles. The average molecular weight is 355 g/mol. The number of amides is 2. The number of nitrogens with zero attached hydrogens (tertiary/aromatic N) is 2. The molecule has 2 amide bonds. The van der Waals surface area contributed by atoms with E-state index in [1.807, 2.05) is 24.3 Å². The third-order valence-corrected chi connectivity index (χ3v) is 4.94. The normalized spacial score (nSPS) is 23.8. The average Bonchev–Trinajstić information content (AvgIpc) is 3.27. The van der Waals surface area contributed by atoms with Gasteiger partial charge in [0.05, 0.1) is 17.7 Å². The number of primary amides is 1. The Morgan fingerprint density at radius 2 is 2.00 bits per heavy atom. The maximum absolute atomic E-state index is 12.9. The number of imidazole rings is 1. The van der Waals surface area contributed by atoms with Crippen molar-refractivity contribution in [2.75, 3.05) is 19.8 Å². The number of rotatable bonds is 4. The summed E-state index contributed by atoms with van der Waals surface area (Å²) in [6, 6.07) is 7.44. The van der Waals surface area contributed by atoms with Crippen molar-refractivity contribution < 1.29 is 9.59 Å². The first-order valence-corrected chi connectivity index (χ1v) is 8.68. The van der Waals surface area contributed by atoms with E-state index in [2.05, 4.69) is 30.9 Å². The van der Waals surface area contributed by atoms with Crippen LogP contribution in [0.4, 0.5) is 0 Å². The Balaban J connectivity index is 1.69. The summed E-state index contributed by atoms with van der Waals surface area (Å²) in [6.07, 6.45) is 1.67. The zero-order chi connectivity index (χ0) is 18.1. The van der Waals surface area contributed by atoms with Gasteiger partial charge in [0.2, 0.25) is 5.54 Å². The first kappa shape index (κ1) is 16.7. The van der Waals surface area contributed by atoms with Crippen molar-refractivity contribution in [2.45, 2.75) is 24.4 Å². The Morgan fingerprint density at radius 3 is 2.73 bits per heavy atom. The molecule has 1 aromatic carbocycles. The molecule has 1 atom stereocenters. The first-order chi connectivity index (χ1) is 12.6. The van der Waals surface area contributed by atoms with Crippen LogP contribution >= 0.6 is 0 Å². The van der Waals surface area contributed by atoms with Gasteiger partial charge in [-0.1, -0.05) is 12.1 Å². The van der Waals surface area contributed by atoms with E-state index in [0.717, 1.165) is 31.4 Å². The van der Waals surface area contributed by atoms with E-state index in [4.69, 9.17) is 5.73 Å². The van der Waals surface area contributed by atoms with Gasteiger partial charge in [-0.15, -0.1) is 0 Å². The van der Waals surface area contributed by atoms with Crippen LogP contribution in [-0.2, 0) is 15.1 Å². The van der Waals surface area contributed by atoms with Gasteiger partial charge >= 0.3 is 0 Å². The molecule has 1 unspecified atom stereocenters. The van der Waals surface area contributed by atoms with Crippen LogP contribution in [0.25, 0.3) is 11.0 Å². The Labute approximate surface area is 149 Å². The summed E-state index contributed by atoms with van der Waals surface area (Å²) >= 11 is 0. The van der Waals surface area contributed by atoms with Crippen LogP contribution in [0.2, 0.25) is 0 Å². The molecular weight excluding hydrogens is 334 g/mol. The molecular formula is C17H21N7O2. The summed E-state index contributed by atoms with van der Waals surface area (Å²) in [4.78, 5) is 37.1. The van der Waals surface area contributed by atoms with Gasteiger partial charge in [-0.25, -0.2) is 4.98 Å². The number of aromatic nitrogens is 2. The molecule has 0 radical (unpaired) electrons. The van der Waals surface area contributed by atoms with Crippen LogP contribution in [0, 0.1) is 0 Å². The molecule has 6 N–H and O–H groups in total. The van der Waals surface area contributed by atoms with E-state index in [1.54, 1.807) is 0 Å². The van der Waals surface area contributed by atoms with Gasteiger partial charge in [0.1, 0.15) is 11.5 Å². The molecule has 1 fully saturated rings. The van der Waals surface area contributed by atoms with Gasteiger partial charge in [0.15, 0.2) is 0 Å². The van der Waals surface area contributed by atoms with E-state index in [1.165, 1.54) is 0 Å². The maximum atomic E-state index is 12.9. The number of fused-ring (bicyclic) bond motifs is 1. The maximum Gasteiger partial charge on any atom is 0.268 e. The largest absolute Gasteiger partial charge is 0.367 e. The van der Waals surface area contributed by atoms with Crippen molar-refractivity contribution in [3.05, 3.63) is 30.1 Å². The minimum absolute atomic E-state index is 0.0494. The number of nitrogens with two attached hydrogens (primary N) is 1. The zero-order valence-corrected chi connectivity index (χ0v) is 14.2. The summed E-state index contributed by atoms with van der Waals surface area (Å²) in [6.45, 7) is 1.81. The monoisotopic (exact) mass is 355 g/mol. The molecule has 26 heavy (non-hydrogen) atoms. The zero-order valence-electron chi connectivity index (χ0n) is 14.2. The molecule has 0 bridgehead atoms. The lowest BCUT2D eigenvalue weighted by molar-refractivity contribution is -0.124. The molecule has 2 aromatic rings. The van der Waals surface area contributed by atoms with Crippen LogP contribution < -0.4 is 21.7 Å². The molecule has 1 aromatic heterocycles. The second-order valence-electron chi connectivity index (χ2n) is 6.56. The predicted octanol–water partition coefficient (Wildman–Crippen LogP) is -0.887. The number of hydrogen-bond acceptors (Lipinski definition) is 6. The van der Waals surface area contributed by atoms with Crippen LogP contribution in [0.3, 0.4) is 0 Å². The van der Waals surface area contributed by atoms with Crippen molar-refractivity contribution in [1.82, 2.24) is 25.9 Å². The molecule has 0 spiro atoms. The van der Waals surface area contributed by atoms with E-state index >= 15 is 0 Å². The fourth-order valence-corrected chi connectivity index (χ4v) is 3.55. The Morgan fingerprint density at radius 1 is 1.23 bits per heavy atom. The highest BCUT2D eigenvalue weighted by atomic mass is 16.2. The number of para-hydroxylation sites is 2. The van der Waals surface area contributed by atoms with Crippen molar-refractivity contribution in [3.8, 4) is 0 Å². The molecule has 9 nitrogen and oxygen atoms in total. The van der Waals surface area contributed by atoms with E-state index in [0.29, 0.717) is 5.52 Å². The third-order valence-electron chi connectivity index (χ3n) is 4.94. The number of H-pyrrole nitrogens is 1. The van der Waals surface area contributed by atoms with Gasteiger partial charge in [-0.3, -0.25) is 19.9 Å². The van der Waals surface area contributed by atoms with Gasteiger partial charge < -0.3 is 21.4 Å². The highest BCUT2D eigenvalue weighted by Crippen LogP contribution is 2.27. The highest BCUT2D eigenvalue weighted by molar-refractivity contribution is 6.47. The number of aliphatic imine (C=N–C) groups is 1. The first-order valence-electron chi connectivity index (χ1n) is 8.68. The summed E-state index contributed by atoms with van der Waals surface area (Å²) < 4.78 is 0. The fourth-order valence-electron chi connectivity index (χ4n) is 3.55. The molecule has 136 valence electrons. The van der Waals surface area contributed by atoms with Crippen LogP contribution in [0.15, 0.2) is 29.3 Å². The Bertz CT molecular complexity index is 851. The van der Waals surface area contributed by atoms with Gasteiger partial charge in [0, 0.05) is 6.04 Å². The second kappa shape index (κ2) is 6.50. The minimum atomic E-state index is -1.56. The molecule has 2 aliphatic rings. The topological polar surface area (TPSA) is 137 Å². The van der Waals surface area contributed by atoms with Crippen molar-refractivity contribution in [1.29, 1.82) is 0 Å². The van der Waals surface area contributed by atoms with Crippen LogP contribution in [-0.4, -0.2) is 53.3 Å². The molecule has 0 saturated carbocycles. The number of carbonyl (C=O) groups excluding carboxylic acids is 2. The lowest BCUT2D eigenvalue weighted by Crippen LogP contribution is -2.60. The summed E-state index contributed by atoms with van der Waals surface area (Å²) in [7, 11) is 0. The van der Waals surface area contributed by atoms with E-state index in [-0.39, 0.29) is 30.2 Å². The van der Waals surface area contributed by atoms with Crippen molar-refractivity contribution >= 4 is 28.6 Å². The smallest absolute Gasteiger partial charge is 0.268 e. The Kier molecular flexibility index (Phi) is 4.17. The molecule has 0 aliphatic carbocycles. The van der Waals surface area contributed by atoms with E-state index in [9.17, 15) is 9.59 Å². The number of benzene rings is 1. The second-order valence-corrected chi connectivity index (χ2v) is 6.56. The third kappa shape index (κ3) is 2.65. The number of hydrogen-bond donors (Lipinski definition) is 5. The quantitative estimate of drug-likeness (QED) is 0.485. The molecule has 4 rings (SSSR count). The predicted molar refractivity (Wildman–Crippen MR) is 96.4 cm³/mol. The van der Waals surface area contributed by atoms with Crippen LogP contribution in [0.5, 0.6) is 0 Å². The van der Waals surface area contributed by atoms with Crippen LogP contribution in [0.1, 0.15) is 18.7 Å². The lowest BCUT2D eigenvalue weighted by atomic mass is 9.91. The summed E-state index contributed by atoms with van der Waals surface area (Å²) in [5.74, 6) is -0.822. The van der Waals surface area contributed by atoms with Gasteiger partial charge in [-0.2, -0.15) is 0 Å². The SMILES string of the molecule is NC(=O)C1(c2nc3ccccc3[nH]2)NCN=C1C(=O)NC1CCNCC1. The van der Waals surface area contributed by atoms with E-state index < -0.39 is 11.4 Å². The highest BCUT2D eigenvalue weighted by Gasteiger charge is 2.52. The minimum Gasteiger partial charge on any atom is -0.367 e. The number of nitrogens with one attached hydrogen (secondary N) is 4. The molecule has 1 saturated heterocycles. The molecule has 3 heterocycles. The number of carbonyl (C=O) groups is 2. The van der Waals surface area contributed by atoms with Gasteiger partial charge in [-0.05, 0) is 38.1 Å². The standard InChI is InChI=1S/C17H21N7O2/c18-15(26)17(16-23-11-3-1-2-4-12(11)24-16)13(20-9-21-17)14(25)22-10-5-7-19-8-6-10/h1-4,10,19,21H,5-9H2,(H2,18,26)(H,22,25)(H,23,24). The van der Waals surface area contributed by atoms with Crippen molar-refractivity contribution in [2.24, 2.45) is 10.7 Å². The summed E-state index contributed by atoms with van der Waals surface area (Å²) in [5, 5.41) is 9.19. The number of aromatic amines is 1. The summed E-state index contributed by atoms with van der Waals surface area (Å²) in [5.41, 5.74) is 5.66. The van der Waals surface area contributed by atoms with Crippen molar-refractivity contribution in [3.63, 3.8) is 0 Å². The number of piperidine rings is 1. The fraction of sp³-hybridized carbons (Fsp3) is 0.412. The molecule has 9 heteroatoms. The lowest BCUT2D eigenvalue weighted by Gasteiger charge is -2.28.